The Labute approximate surface area is 174 Å². The topological polar surface area (TPSA) is 73.5 Å². The first-order valence-electron chi connectivity index (χ1n) is 9.76. The summed E-state index contributed by atoms with van der Waals surface area (Å²) >= 11 is 0. The molecule has 2 aromatic carbocycles. The Morgan fingerprint density at radius 2 is 1.77 bits per heavy atom. The van der Waals surface area contributed by atoms with Gasteiger partial charge in [0.15, 0.2) is 5.58 Å². The summed E-state index contributed by atoms with van der Waals surface area (Å²) in [5, 5.41) is 2.89. The number of carbonyl (C=O) groups is 2. The van der Waals surface area contributed by atoms with E-state index >= 15 is 0 Å². The number of anilines is 1. The van der Waals surface area contributed by atoms with Crippen LogP contribution in [-0.2, 0) is 11.3 Å². The van der Waals surface area contributed by atoms with Gasteiger partial charge >= 0.3 is 5.97 Å². The minimum absolute atomic E-state index is 0.252. The van der Waals surface area contributed by atoms with E-state index in [1.165, 1.54) is 5.56 Å². The van der Waals surface area contributed by atoms with Gasteiger partial charge in [-0.25, -0.2) is 4.79 Å². The summed E-state index contributed by atoms with van der Waals surface area (Å²) in [4.78, 5) is 24.8. The number of nitrogens with one attached hydrogen (secondary N) is 1. The second kappa shape index (κ2) is 8.29. The van der Waals surface area contributed by atoms with Crippen molar-refractivity contribution in [2.24, 2.45) is 0 Å². The monoisotopic (exact) mass is 402 g/mol. The largest absolute Gasteiger partial charge is 0.463 e. The molecule has 2 aromatic heterocycles. The summed E-state index contributed by atoms with van der Waals surface area (Å²) in [6, 6.07) is 18.4. The molecule has 6 nitrogen and oxygen atoms in total. The van der Waals surface area contributed by atoms with Gasteiger partial charge in [-0.2, -0.15) is 0 Å². The molecule has 0 aliphatic carbocycles. The highest BCUT2D eigenvalue weighted by Gasteiger charge is 2.18. The Bertz CT molecular complexity index is 1180. The number of esters is 1. The van der Waals surface area contributed by atoms with Crippen molar-refractivity contribution in [1.82, 2.24) is 4.57 Å². The maximum absolute atomic E-state index is 13.0. The number of hydrogen-bond donors (Lipinski definition) is 1. The lowest BCUT2D eigenvalue weighted by molar-refractivity contribution is 0.0526. The van der Waals surface area contributed by atoms with Crippen molar-refractivity contribution >= 4 is 28.7 Å². The predicted octanol–water partition coefficient (Wildman–Crippen LogP) is 5.02. The van der Waals surface area contributed by atoms with Crippen LogP contribution in [0.1, 0.15) is 38.9 Å². The van der Waals surface area contributed by atoms with E-state index in [0.29, 0.717) is 35.7 Å². The molecule has 1 N–H and O–H groups in total. The number of carbonyl (C=O) groups excluding carboxylic acids is 2. The molecule has 0 saturated carbocycles. The van der Waals surface area contributed by atoms with Crippen molar-refractivity contribution in [1.29, 1.82) is 0 Å². The Balaban J connectivity index is 1.58. The number of amides is 1. The van der Waals surface area contributed by atoms with Gasteiger partial charge in [-0.3, -0.25) is 4.79 Å². The zero-order valence-corrected chi connectivity index (χ0v) is 16.8. The van der Waals surface area contributed by atoms with Crippen LogP contribution in [0.15, 0.2) is 71.3 Å². The first kappa shape index (κ1) is 19.5. The molecule has 152 valence electrons. The van der Waals surface area contributed by atoms with Gasteiger partial charge in [0.1, 0.15) is 5.69 Å². The quantitative estimate of drug-likeness (QED) is 0.460. The molecule has 0 aliphatic heterocycles. The molecule has 30 heavy (non-hydrogen) atoms. The summed E-state index contributed by atoms with van der Waals surface area (Å²) in [5.74, 6) is -0.639. The van der Waals surface area contributed by atoms with E-state index in [1.54, 1.807) is 43.5 Å². The SMILES string of the molecule is CCOC(=O)c1ccc(NC(=O)c2cc3occc3n2Cc2ccc(C)cc2)cc1. The zero-order valence-electron chi connectivity index (χ0n) is 16.8. The first-order chi connectivity index (χ1) is 14.5. The molecule has 0 fully saturated rings. The van der Waals surface area contributed by atoms with Gasteiger partial charge in [-0.05, 0) is 43.7 Å². The lowest BCUT2D eigenvalue weighted by Crippen LogP contribution is -2.17. The fourth-order valence-corrected chi connectivity index (χ4v) is 3.31. The molecule has 4 aromatic rings. The van der Waals surface area contributed by atoms with E-state index in [-0.39, 0.29) is 11.9 Å². The number of aromatic nitrogens is 1. The molecule has 0 atom stereocenters. The third-order valence-corrected chi connectivity index (χ3v) is 4.87. The summed E-state index contributed by atoms with van der Waals surface area (Å²) < 4.78 is 12.4. The van der Waals surface area contributed by atoms with Crippen molar-refractivity contribution in [2.45, 2.75) is 20.4 Å². The third kappa shape index (κ3) is 3.98. The van der Waals surface area contributed by atoms with Crippen molar-refractivity contribution in [3.8, 4) is 0 Å². The zero-order chi connectivity index (χ0) is 21.1. The van der Waals surface area contributed by atoms with Gasteiger partial charge in [-0.15, -0.1) is 0 Å². The minimum Gasteiger partial charge on any atom is -0.463 e. The van der Waals surface area contributed by atoms with E-state index in [0.717, 1.165) is 11.1 Å². The molecule has 0 saturated heterocycles. The maximum Gasteiger partial charge on any atom is 0.338 e. The molecule has 0 radical (unpaired) electrons. The first-order valence-corrected chi connectivity index (χ1v) is 9.76. The number of rotatable bonds is 6. The Hall–Kier alpha value is -3.80. The van der Waals surface area contributed by atoms with Gasteiger partial charge in [-0.1, -0.05) is 29.8 Å². The van der Waals surface area contributed by atoms with Crippen molar-refractivity contribution in [3.63, 3.8) is 0 Å². The summed E-state index contributed by atoms with van der Waals surface area (Å²) in [6.07, 6.45) is 1.62. The Morgan fingerprint density at radius 1 is 1.03 bits per heavy atom. The molecule has 0 bridgehead atoms. The Kier molecular flexibility index (Phi) is 5.39. The fourth-order valence-electron chi connectivity index (χ4n) is 3.31. The van der Waals surface area contributed by atoms with Gasteiger partial charge in [0.05, 0.1) is 24.0 Å². The molecule has 6 heteroatoms. The van der Waals surface area contributed by atoms with Crippen molar-refractivity contribution in [2.75, 3.05) is 11.9 Å². The second-order valence-corrected chi connectivity index (χ2v) is 7.02. The summed E-state index contributed by atoms with van der Waals surface area (Å²) in [7, 11) is 0. The van der Waals surface area contributed by atoms with E-state index < -0.39 is 0 Å². The fraction of sp³-hybridized carbons (Fsp3) is 0.167. The molecular formula is C24H22N2O4. The van der Waals surface area contributed by atoms with Crippen LogP contribution in [0.3, 0.4) is 0 Å². The number of aryl methyl sites for hydroxylation is 1. The molecule has 2 heterocycles. The molecule has 1 amide bonds. The lowest BCUT2D eigenvalue weighted by atomic mass is 10.1. The van der Waals surface area contributed by atoms with Crippen LogP contribution < -0.4 is 5.32 Å². The molecule has 0 aliphatic rings. The van der Waals surface area contributed by atoms with E-state index in [1.807, 2.05) is 17.6 Å². The van der Waals surface area contributed by atoms with Crippen LogP contribution in [0.4, 0.5) is 5.69 Å². The molecule has 0 spiro atoms. The molecular weight excluding hydrogens is 380 g/mol. The Morgan fingerprint density at radius 3 is 2.47 bits per heavy atom. The second-order valence-electron chi connectivity index (χ2n) is 7.02. The smallest absolute Gasteiger partial charge is 0.338 e. The summed E-state index contributed by atoms with van der Waals surface area (Å²) in [5.41, 5.74) is 5.32. The number of fused-ring (bicyclic) bond motifs is 1. The summed E-state index contributed by atoms with van der Waals surface area (Å²) in [6.45, 7) is 4.67. The normalized spacial score (nSPS) is 10.9. The number of nitrogens with zero attached hydrogens (tertiary/aromatic N) is 1. The average Bonchev–Trinajstić information content (AvgIpc) is 3.33. The van der Waals surface area contributed by atoms with Crippen LogP contribution in [0.25, 0.3) is 11.1 Å². The average molecular weight is 402 g/mol. The third-order valence-electron chi connectivity index (χ3n) is 4.87. The van der Waals surface area contributed by atoms with Crippen LogP contribution in [-0.4, -0.2) is 23.1 Å². The maximum atomic E-state index is 13.0. The van der Waals surface area contributed by atoms with Crippen molar-refractivity contribution in [3.05, 3.63) is 89.3 Å². The minimum atomic E-state index is -0.386. The van der Waals surface area contributed by atoms with Crippen LogP contribution in [0.5, 0.6) is 0 Å². The van der Waals surface area contributed by atoms with Crippen LogP contribution in [0, 0.1) is 6.92 Å². The highest BCUT2D eigenvalue weighted by molar-refractivity contribution is 6.06. The highest BCUT2D eigenvalue weighted by atomic mass is 16.5. The number of furan rings is 1. The number of hydrogen-bond acceptors (Lipinski definition) is 4. The standard InChI is InChI=1S/C24H22N2O4/c1-3-29-24(28)18-8-10-19(11-9-18)25-23(27)21-14-22-20(12-13-30-22)26(21)15-17-6-4-16(2)5-7-17/h4-14H,3,15H2,1-2H3,(H,25,27). The van der Waals surface area contributed by atoms with E-state index in [4.69, 9.17) is 9.15 Å². The van der Waals surface area contributed by atoms with Gasteiger partial charge in [0, 0.05) is 24.4 Å². The van der Waals surface area contributed by atoms with Crippen LogP contribution in [0.2, 0.25) is 0 Å². The molecule has 4 rings (SSSR count). The predicted molar refractivity (Wildman–Crippen MR) is 115 cm³/mol. The van der Waals surface area contributed by atoms with E-state index in [2.05, 4.69) is 29.6 Å². The molecule has 0 unspecified atom stereocenters. The van der Waals surface area contributed by atoms with E-state index in [9.17, 15) is 9.59 Å². The van der Waals surface area contributed by atoms with Crippen LogP contribution >= 0.6 is 0 Å². The highest BCUT2D eigenvalue weighted by Crippen LogP contribution is 2.24. The van der Waals surface area contributed by atoms with Gasteiger partial charge < -0.3 is 19.0 Å². The van der Waals surface area contributed by atoms with Gasteiger partial charge in [0.25, 0.3) is 5.91 Å². The lowest BCUT2D eigenvalue weighted by Gasteiger charge is -2.11. The number of benzene rings is 2. The van der Waals surface area contributed by atoms with Crippen molar-refractivity contribution < 1.29 is 18.7 Å². The van der Waals surface area contributed by atoms with Gasteiger partial charge in [0.2, 0.25) is 0 Å². The number of ether oxygens (including phenoxy) is 1.